The molecule has 0 spiro atoms. The van der Waals surface area contributed by atoms with E-state index in [9.17, 15) is 14.4 Å². The molecule has 1 aromatic heterocycles. The summed E-state index contributed by atoms with van der Waals surface area (Å²) in [6, 6.07) is 7.21. The molecule has 144 valence electrons. The lowest BCUT2D eigenvalue weighted by Crippen LogP contribution is -2.25. The number of aryl methyl sites for hydroxylation is 1. The van der Waals surface area contributed by atoms with E-state index in [1.165, 1.54) is 37.1 Å². The highest BCUT2D eigenvalue weighted by atomic mass is 16.5. The molecule has 8 nitrogen and oxygen atoms in total. The minimum Gasteiger partial charge on any atom is -0.493 e. The van der Waals surface area contributed by atoms with Gasteiger partial charge in [-0.25, -0.2) is 9.48 Å². The summed E-state index contributed by atoms with van der Waals surface area (Å²) in [7, 11) is 2.96. The number of unbranched alkanes of at least 4 members (excludes halogenated alkanes) is 1. The summed E-state index contributed by atoms with van der Waals surface area (Å²) in [6.07, 6.45) is 1.66. The molecule has 0 atom stereocenters. The quantitative estimate of drug-likeness (QED) is 0.490. The number of carbonyl (C=O) groups is 2. The Morgan fingerprint density at radius 3 is 2.48 bits per heavy atom. The number of Topliss-reactive ketones (excluding diaryl/α,β-unsaturated/α-hetero) is 1. The number of benzene rings is 1. The summed E-state index contributed by atoms with van der Waals surface area (Å²) in [5, 5.41) is 3.99. The third-order valence-electron chi connectivity index (χ3n) is 3.84. The van der Waals surface area contributed by atoms with Crippen molar-refractivity contribution in [1.82, 2.24) is 9.78 Å². The molecule has 0 saturated carbocycles. The van der Waals surface area contributed by atoms with Gasteiger partial charge >= 0.3 is 5.97 Å². The first kappa shape index (κ1) is 20.2. The Morgan fingerprint density at radius 1 is 1.07 bits per heavy atom. The van der Waals surface area contributed by atoms with Crippen LogP contribution in [-0.4, -0.2) is 42.4 Å². The Morgan fingerprint density at radius 2 is 1.81 bits per heavy atom. The average Bonchev–Trinajstić information content (AvgIpc) is 2.70. The van der Waals surface area contributed by atoms with Gasteiger partial charge in [0.2, 0.25) is 0 Å². The van der Waals surface area contributed by atoms with Crippen molar-refractivity contribution >= 4 is 11.8 Å². The SMILES string of the molecule is CCCCn1nc(C(=O)OCC(=O)c2ccc(OC)c(OC)c2)ccc1=O. The predicted molar refractivity (Wildman–Crippen MR) is 97.6 cm³/mol. The van der Waals surface area contributed by atoms with Gasteiger partial charge in [-0.15, -0.1) is 0 Å². The van der Waals surface area contributed by atoms with E-state index < -0.39 is 18.4 Å². The normalized spacial score (nSPS) is 10.3. The number of nitrogens with zero attached hydrogens (tertiary/aromatic N) is 2. The lowest BCUT2D eigenvalue weighted by atomic mass is 10.1. The molecular weight excluding hydrogens is 352 g/mol. The molecule has 1 aromatic carbocycles. The Kier molecular flexibility index (Phi) is 7.10. The number of hydrogen-bond acceptors (Lipinski definition) is 7. The summed E-state index contributed by atoms with van der Waals surface area (Å²) in [5.74, 6) is -0.276. The summed E-state index contributed by atoms with van der Waals surface area (Å²) in [6.45, 7) is 1.95. The molecule has 0 aliphatic carbocycles. The van der Waals surface area contributed by atoms with Crippen molar-refractivity contribution in [3.8, 4) is 11.5 Å². The van der Waals surface area contributed by atoms with E-state index in [1.807, 2.05) is 6.92 Å². The predicted octanol–water partition coefficient (Wildman–Crippen LogP) is 2.10. The van der Waals surface area contributed by atoms with Crippen molar-refractivity contribution < 1.29 is 23.8 Å². The van der Waals surface area contributed by atoms with Crippen molar-refractivity contribution in [2.75, 3.05) is 20.8 Å². The van der Waals surface area contributed by atoms with Gasteiger partial charge in [0.25, 0.3) is 5.56 Å². The zero-order valence-corrected chi connectivity index (χ0v) is 15.6. The van der Waals surface area contributed by atoms with Crippen LogP contribution in [0.2, 0.25) is 0 Å². The fourth-order valence-corrected chi connectivity index (χ4v) is 2.32. The molecule has 0 radical (unpaired) electrons. The molecular formula is C19H22N2O6. The van der Waals surface area contributed by atoms with Crippen LogP contribution in [0.3, 0.4) is 0 Å². The summed E-state index contributed by atoms with van der Waals surface area (Å²) >= 11 is 0. The van der Waals surface area contributed by atoms with Crippen molar-refractivity contribution in [1.29, 1.82) is 0 Å². The van der Waals surface area contributed by atoms with Crippen LogP contribution in [0.4, 0.5) is 0 Å². The van der Waals surface area contributed by atoms with Crippen molar-refractivity contribution in [2.45, 2.75) is 26.3 Å². The van der Waals surface area contributed by atoms with Crippen LogP contribution in [0, 0.1) is 0 Å². The van der Waals surface area contributed by atoms with E-state index in [0.717, 1.165) is 12.8 Å². The number of carbonyl (C=O) groups excluding carboxylic acids is 2. The molecule has 0 saturated heterocycles. The zero-order chi connectivity index (χ0) is 19.8. The summed E-state index contributed by atoms with van der Waals surface area (Å²) in [4.78, 5) is 36.1. The van der Waals surface area contributed by atoms with E-state index in [2.05, 4.69) is 5.10 Å². The Bertz CT molecular complexity index is 875. The van der Waals surface area contributed by atoms with Crippen LogP contribution in [0.25, 0.3) is 0 Å². The van der Waals surface area contributed by atoms with Crippen LogP contribution in [0.15, 0.2) is 35.1 Å². The van der Waals surface area contributed by atoms with E-state index in [1.54, 1.807) is 12.1 Å². The maximum Gasteiger partial charge on any atom is 0.359 e. The van der Waals surface area contributed by atoms with Gasteiger partial charge in [-0.3, -0.25) is 9.59 Å². The fourth-order valence-electron chi connectivity index (χ4n) is 2.32. The van der Waals surface area contributed by atoms with Gasteiger partial charge in [-0.05, 0) is 30.7 Å². The number of rotatable bonds is 9. The smallest absolute Gasteiger partial charge is 0.359 e. The van der Waals surface area contributed by atoms with Gasteiger partial charge in [0.15, 0.2) is 29.6 Å². The average molecular weight is 374 g/mol. The number of esters is 1. The molecule has 2 rings (SSSR count). The fraction of sp³-hybridized carbons (Fsp3) is 0.368. The number of aromatic nitrogens is 2. The Balaban J connectivity index is 2.05. The minimum absolute atomic E-state index is 0.0224. The molecule has 0 fully saturated rings. The highest BCUT2D eigenvalue weighted by molar-refractivity contribution is 5.99. The summed E-state index contributed by atoms with van der Waals surface area (Å²) < 4.78 is 16.5. The zero-order valence-electron chi connectivity index (χ0n) is 15.6. The Hall–Kier alpha value is -3.16. The molecule has 8 heteroatoms. The molecule has 0 aliphatic heterocycles. The standard InChI is InChI=1S/C19H22N2O6/c1-4-5-10-21-18(23)9-7-14(20-21)19(24)27-12-15(22)13-6-8-16(25-2)17(11-13)26-3/h6-9,11H,4-5,10,12H2,1-3H3. The molecule has 0 aliphatic rings. The van der Waals surface area contributed by atoms with Gasteiger partial charge in [0.05, 0.1) is 14.2 Å². The second kappa shape index (κ2) is 9.51. The van der Waals surface area contributed by atoms with Crippen molar-refractivity contribution in [2.24, 2.45) is 0 Å². The highest BCUT2D eigenvalue weighted by Gasteiger charge is 2.16. The first-order valence-corrected chi connectivity index (χ1v) is 8.50. The van der Waals surface area contributed by atoms with Crippen LogP contribution in [-0.2, 0) is 11.3 Å². The maximum absolute atomic E-state index is 12.3. The topological polar surface area (TPSA) is 96.7 Å². The number of methoxy groups -OCH3 is 2. The monoisotopic (exact) mass is 374 g/mol. The third kappa shape index (κ3) is 5.16. The highest BCUT2D eigenvalue weighted by Crippen LogP contribution is 2.27. The van der Waals surface area contributed by atoms with Gasteiger partial charge in [-0.2, -0.15) is 5.10 Å². The minimum atomic E-state index is -0.769. The van der Waals surface area contributed by atoms with Crippen LogP contribution < -0.4 is 15.0 Å². The van der Waals surface area contributed by atoms with Gasteiger partial charge < -0.3 is 14.2 Å². The van der Waals surface area contributed by atoms with E-state index in [0.29, 0.717) is 23.6 Å². The largest absolute Gasteiger partial charge is 0.493 e. The lowest BCUT2D eigenvalue weighted by molar-refractivity contribution is 0.0466. The van der Waals surface area contributed by atoms with Crippen LogP contribution in [0.1, 0.15) is 40.6 Å². The van der Waals surface area contributed by atoms with Crippen molar-refractivity contribution in [3.05, 3.63) is 51.9 Å². The van der Waals surface area contributed by atoms with E-state index in [-0.39, 0.29) is 11.3 Å². The maximum atomic E-state index is 12.3. The number of ketones is 1. The van der Waals surface area contributed by atoms with Crippen LogP contribution >= 0.6 is 0 Å². The second-order valence-electron chi connectivity index (χ2n) is 5.70. The first-order valence-electron chi connectivity index (χ1n) is 8.50. The van der Waals surface area contributed by atoms with Crippen LogP contribution in [0.5, 0.6) is 11.5 Å². The molecule has 1 heterocycles. The number of hydrogen-bond donors (Lipinski definition) is 0. The number of ether oxygens (including phenoxy) is 3. The molecule has 0 amide bonds. The van der Waals surface area contributed by atoms with Gasteiger partial charge in [-0.1, -0.05) is 13.3 Å². The molecule has 0 bridgehead atoms. The first-order chi connectivity index (χ1) is 13.0. The lowest BCUT2D eigenvalue weighted by Gasteiger charge is -2.09. The molecule has 0 unspecified atom stereocenters. The van der Waals surface area contributed by atoms with E-state index in [4.69, 9.17) is 14.2 Å². The van der Waals surface area contributed by atoms with Crippen molar-refractivity contribution in [3.63, 3.8) is 0 Å². The molecule has 2 aromatic rings. The molecule has 0 N–H and O–H groups in total. The van der Waals surface area contributed by atoms with Gasteiger partial charge in [0.1, 0.15) is 0 Å². The van der Waals surface area contributed by atoms with E-state index >= 15 is 0 Å². The van der Waals surface area contributed by atoms with Gasteiger partial charge in [0, 0.05) is 18.2 Å². The third-order valence-corrected chi connectivity index (χ3v) is 3.84. The summed E-state index contributed by atoms with van der Waals surface area (Å²) in [5.41, 5.74) is 0.00791. The molecule has 27 heavy (non-hydrogen) atoms. The second-order valence-corrected chi connectivity index (χ2v) is 5.70. The Labute approximate surface area is 156 Å².